The highest BCUT2D eigenvalue weighted by Crippen LogP contribution is 2.33. The number of aliphatic carboxylic acids is 1. The molecule has 1 aromatic carbocycles. The molecule has 1 unspecified atom stereocenters. The van der Waals surface area contributed by atoms with Crippen molar-refractivity contribution in [1.29, 1.82) is 0 Å². The van der Waals surface area contributed by atoms with Crippen LogP contribution in [0, 0.1) is 0 Å². The van der Waals surface area contributed by atoms with E-state index in [-0.39, 0.29) is 11.3 Å². The van der Waals surface area contributed by atoms with Crippen LogP contribution in [0.5, 0.6) is 0 Å². The zero-order valence-electron chi connectivity index (χ0n) is 8.38. The Labute approximate surface area is 89.7 Å². The third-order valence-corrected chi connectivity index (χ3v) is 2.25. The van der Waals surface area contributed by atoms with Crippen molar-refractivity contribution in [2.45, 2.75) is 19.0 Å². The first-order valence-electron chi connectivity index (χ1n) is 4.43. The van der Waals surface area contributed by atoms with Gasteiger partial charge in [0.25, 0.3) is 0 Å². The fraction of sp³-hybridized carbons (Fsp3) is 0.300. The molecule has 1 aromatic rings. The van der Waals surface area contributed by atoms with Crippen molar-refractivity contribution in [3.8, 4) is 0 Å². The molecule has 0 aliphatic heterocycles. The second-order valence-electron chi connectivity index (χ2n) is 3.40. The molecule has 0 bridgehead atoms. The van der Waals surface area contributed by atoms with Gasteiger partial charge >= 0.3 is 12.1 Å². The van der Waals surface area contributed by atoms with Crippen LogP contribution in [0.2, 0.25) is 0 Å². The lowest BCUT2D eigenvalue weighted by atomic mass is 9.97. The Morgan fingerprint density at radius 1 is 1.44 bits per heavy atom. The van der Waals surface area contributed by atoms with Crippen LogP contribution in [0.4, 0.5) is 18.9 Å². The number of nitrogen functional groups attached to an aromatic ring is 1. The van der Waals surface area contributed by atoms with Gasteiger partial charge in [0, 0.05) is 5.69 Å². The van der Waals surface area contributed by atoms with E-state index < -0.39 is 23.6 Å². The van der Waals surface area contributed by atoms with Gasteiger partial charge in [-0.1, -0.05) is 0 Å². The fourth-order valence-electron chi connectivity index (χ4n) is 1.26. The maximum Gasteiger partial charge on any atom is 0.416 e. The minimum Gasteiger partial charge on any atom is -0.481 e. The standard InChI is InChI=1S/C10H10F3NO2/c1-5(9(15)16)7-4-6(10(11,12)13)2-3-8(7)14/h2-5H,14H2,1H3,(H,15,16). The molecule has 3 N–H and O–H groups in total. The van der Waals surface area contributed by atoms with Gasteiger partial charge in [-0.05, 0) is 30.7 Å². The smallest absolute Gasteiger partial charge is 0.416 e. The van der Waals surface area contributed by atoms with E-state index in [9.17, 15) is 18.0 Å². The van der Waals surface area contributed by atoms with Gasteiger partial charge in [0.15, 0.2) is 0 Å². The number of hydrogen-bond acceptors (Lipinski definition) is 2. The van der Waals surface area contributed by atoms with Gasteiger partial charge in [-0.15, -0.1) is 0 Å². The Hall–Kier alpha value is -1.72. The van der Waals surface area contributed by atoms with E-state index in [1.807, 2.05) is 0 Å². The molecule has 88 valence electrons. The van der Waals surface area contributed by atoms with Crippen molar-refractivity contribution in [2.24, 2.45) is 0 Å². The average Bonchev–Trinajstić information content (AvgIpc) is 2.15. The number of rotatable bonds is 2. The summed E-state index contributed by atoms with van der Waals surface area (Å²) in [5, 5.41) is 8.72. The SMILES string of the molecule is CC(C(=O)O)c1cc(C(F)(F)F)ccc1N. The molecule has 0 saturated heterocycles. The van der Waals surface area contributed by atoms with Crippen LogP contribution < -0.4 is 5.73 Å². The maximum absolute atomic E-state index is 12.4. The summed E-state index contributed by atoms with van der Waals surface area (Å²) in [5.41, 5.74) is 4.56. The fourth-order valence-corrected chi connectivity index (χ4v) is 1.26. The summed E-state index contributed by atoms with van der Waals surface area (Å²) in [7, 11) is 0. The van der Waals surface area contributed by atoms with Crippen molar-refractivity contribution in [1.82, 2.24) is 0 Å². The van der Waals surface area contributed by atoms with Crippen LogP contribution >= 0.6 is 0 Å². The summed E-state index contributed by atoms with van der Waals surface area (Å²) in [5.74, 6) is -2.28. The lowest BCUT2D eigenvalue weighted by Crippen LogP contribution is -2.12. The number of alkyl halides is 3. The van der Waals surface area contributed by atoms with E-state index in [1.54, 1.807) is 0 Å². The van der Waals surface area contributed by atoms with Gasteiger partial charge < -0.3 is 10.8 Å². The Morgan fingerprint density at radius 2 is 2.00 bits per heavy atom. The third kappa shape index (κ3) is 2.44. The largest absolute Gasteiger partial charge is 0.481 e. The second kappa shape index (κ2) is 4.03. The molecule has 0 radical (unpaired) electrons. The van der Waals surface area contributed by atoms with Crippen LogP contribution in [0.1, 0.15) is 24.0 Å². The van der Waals surface area contributed by atoms with Crippen LogP contribution in [0.3, 0.4) is 0 Å². The molecule has 0 spiro atoms. The number of anilines is 1. The molecule has 0 fully saturated rings. The van der Waals surface area contributed by atoms with E-state index in [0.29, 0.717) is 0 Å². The van der Waals surface area contributed by atoms with E-state index in [4.69, 9.17) is 10.8 Å². The third-order valence-electron chi connectivity index (χ3n) is 2.25. The van der Waals surface area contributed by atoms with Gasteiger partial charge in [0.05, 0.1) is 11.5 Å². The molecule has 1 rings (SSSR count). The summed E-state index contributed by atoms with van der Waals surface area (Å²) in [6.45, 7) is 1.29. The minimum atomic E-state index is -4.50. The van der Waals surface area contributed by atoms with Crippen molar-refractivity contribution in [3.63, 3.8) is 0 Å². The quantitative estimate of drug-likeness (QED) is 0.771. The van der Waals surface area contributed by atoms with Gasteiger partial charge in [-0.2, -0.15) is 13.2 Å². The highest BCUT2D eigenvalue weighted by Gasteiger charge is 2.31. The molecule has 0 amide bonds. The first kappa shape index (κ1) is 12.4. The Bertz CT molecular complexity index is 415. The van der Waals surface area contributed by atoms with Crippen molar-refractivity contribution in [3.05, 3.63) is 29.3 Å². The number of carboxylic acids is 1. The topological polar surface area (TPSA) is 63.3 Å². The van der Waals surface area contributed by atoms with Crippen LogP contribution in [-0.2, 0) is 11.0 Å². The zero-order chi connectivity index (χ0) is 12.5. The Balaban J connectivity index is 3.24. The summed E-state index contributed by atoms with van der Waals surface area (Å²) in [4.78, 5) is 10.7. The molecule has 0 heterocycles. The molecule has 16 heavy (non-hydrogen) atoms. The highest BCUT2D eigenvalue weighted by atomic mass is 19.4. The van der Waals surface area contributed by atoms with Gasteiger partial charge in [0.2, 0.25) is 0 Å². The number of halogens is 3. The first-order valence-corrected chi connectivity index (χ1v) is 4.43. The van der Waals surface area contributed by atoms with Crippen molar-refractivity contribution in [2.75, 3.05) is 5.73 Å². The van der Waals surface area contributed by atoms with E-state index in [1.165, 1.54) is 6.92 Å². The first-order chi connectivity index (χ1) is 7.23. The molecule has 0 saturated carbocycles. The Morgan fingerprint density at radius 3 is 2.44 bits per heavy atom. The van der Waals surface area contributed by atoms with Gasteiger partial charge in [-0.25, -0.2) is 0 Å². The second-order valence-corrected chi connectivity index (χ2v) is 3.40. The molecule has 1 atom stereocenters. The summed E-state index contributed by atoms with van der Waals surface area (Å²) in [6.07, 6.45) is -4.50. The molecular weight excluding hydrogens is 223 g/mol. The highest BCUT2D eigenvalue weighted by molar-refractivity contribution is 5.78. The normalized spacial score (nSPS) is 13.5. The lowest BCUT2D eigenvalue weighted by molar-refractivity contribution is -0.139. The lowest BCUT2D eigenvalue weighted by Gasteiger charge is -2.13. The van der Waals surface area contributed by atoms with E-state index in [0.717, 1.165) is 18.2 Å². The average molecular weight is 233 g/mol. The predicted octanol–water partition coefficient (Wildman–Crippen LogP) is 2.48. The number of hydrogen-bond donors (Lipinski definition) is 2. The van der Waals surface area contributed by atoms with Crippen LogP contribution in [-0.4, -0.2) is 11.1 Å². The predicted molar refractivity (Wildman–Crippen MR) is 51.9 cm³/mol. The maximum atomic E-state index is 12.4. The van der Waals surface area contributed by atoms with E-state index in [2.05, 4.69) is 0 Å². The molecule has 3 nitrogen and oxygen atoms in total. The van der Waals surface area contributed by atoms with Gasteiger partial charge in [0.1, 0.15) is 0 Å². The molecule has 0 aromatic heterocycles. The minimum absolute atomic E-state index is 0.0256. The van der Waals surface area contributed by atoms with Gasteiger partial charge in [-0.3, -0.25) is 4.79 Å². The number of carbonyl (C=O) groups is 1. The molecule has 6 heteroatoms. The van der Waals surface area contributed by atoms with Crippen molar-refractivity contribution < 1.29 is 23.1 Å². The van der Waals surface area contributed by atoms with Crippen LogP contribution in [0.25, 0.3) is 0 Å². The summed E-state index contributed by atoms with van der Waals surface area (Å²) < 4.78 is 37.1. The molecular formula is C10H10F3NO2. The van der Waals surface area contributed by atoms with Crippen LogP contribution in [0.15, 0.2) is 18.2 Å². The van der Waals surface area contributed by atoms with Crippen molar-refractivity contribution >= 4 is 11.7 Å². The summed E-state index contributed by atoms with van der Waals surface area (Å²) >= 11 is 0. The monoisotopic (exact) mass is 233 g/mol. The number of benzene rings is 1. The Kier molecular flexibility index (Phi) is 3.11. The number of nitrogens with two attached hydrogens (primary N) is 1. The molecule has 0 aliphatic rings. The van der Waals surface area contributed by atoms with E-state index >= 15 is 0 Å². The summed E-state index contributed by atoms with van der Waals surface area (Å²) in [6, 6.07) is 2.67. The molecule has 0 aliphatic carbocycles. The number of carboxylic acid groups (broad SMARTS) is 1. The zero-order valence-corrected chi connectivity index (χ0v) is 8.38.